The number of piperidine rings is 1. The van der Waals surface area contributed by atoms with Crippen LogP contribution in [0.1, 0.15) is 90.7 Å². The summed E-state index contributed by atoms with van der Waals surface area (Å²) in [6, 6.07) is 9.17. The van der Waals surface area contributed by atoms with Crippen LogP contribution in [0.2, 0.25) is 0 Å². The highest BCUT2D eigenvalue weighted by molar-refractivity contribution is 6.09. The van der Waals surface area contributed by atoms with Crippen molar-refractivity contribution < 1.29 is 32.7 Å². The van der Waals surface area contributed by atoms with Crippen molar-refractivity contribution in [1.82, 2.24) is 39.6 Å². The minimum atomic E-state index is -2.83. The molecule has 340 valence electrons. The monoisotopic (exact) mass is 881 g/mol. The Hall–Kier alpha value is -5.62. The van der Waals surface area contributed by atoms with Crippen molar-refractivity contribution in [2.24, 2.45) is 13.0 Å². The summed E-state index contributed by atoms with van der Waals surface area (Å²) >= 11 is 0. The molecule has 4 aromatic rings. The van der Waals surface area contributed by atoms with E-state index in [1.807, 2.05) is 18.0 Å². The third kappa shape index (κ3) is 7.96. The summed E-state index contributed by atoms with van der Waals surface area (Å²) in [4.78, 5) is 63.0. The maximum Gasteiger partial charge on any atom is 0.329 e. The number of piperazine rings is 1. The topological polar surface area (TPSA) is 145 Å². The van der Waals surface area contributed by atoms with Gasteiger partial charge in [0, 0.05) is 145 Å². The first kappa shape index (κ1) is 42.3. The lowest BCUT2D eigenvalue weighted by Crippen LogP contribution is -2.49. The number of benzene rings is 2. The number of nitrogens with one attached hydrogen (secondary N) is 1. The zero-order chi connectivity index (χ0) is 44.2. The number of alkyl halides is 2. The molecule has 0 spiro atoms. The first-order chi connectivity index (χ1) is 31.0. The highest BCUT2D eigenvalue weighted by Gasteiger charge is 2.36. The Labute approximate surface area is 371 Å². The molecule has 16 nitrogen and oxygen atoms in total. The van der Waals surface area contributed by atoms with Gasteiger partial charge in [-0.05, 0) is 80.3 Å². The number of amides is 5. The lowest BCUT2D eigenvalue weighted by atomic mass is 9.92. The number of urea groups is 1. The third-order valence-corrected chi connectivity index (χ3v) is 14.4. The molecule has 0 radical (unpaired) electrons. The molecule has 0 bridgehead atoms. The molecule has 0 aliphatic carbocycles. The van der Waals surface area contributed by atoms with Gasteiger partial charge in [0.05, 0.1) is 18.1 Å². The van der Waals surface area contributed by atoms with Crippen LogP contribution in [0.15, 0.2) is 30.3 Å². The number of imide groups is 1. The second kappa shape index (κ2) is 17.4. The number of anilines is 4. The summed E-state index contributed by atoms with van der Waals surface area (Å²) in [5.41, 5.74) is 5.49. The van der Waals surface area contributed by atoms with Crippen molar-refractivity contribution in [2.75, 3.05) is 93.4 Å². The number of likely N-dealkylation sites (tertiary alicyclic amines) is 1. The van der Waals surface area contributed by atoms with Gasteiger partial charge in [-0.25, -0.2) is 13.6 Å². The summed E-state index contributed by atoms with van der Waals surface area (Å²) < 4.78 is 39.7. The van der Waals surface area contributed by atoms with Crippen molar-refractivity contribution >= 4 is 57.7 Å². The molecule has 6 aliphatic heterocycles. The summed E-state index contributed by atoms with van der Waals surface area (Å²) in [6.07, 6.45) is 2.88. The number of aryl methyl sites for hydroxylation is 2. The van der Waals surface area contributed by atoms with Crippen LogP contribution >= 0.6 is 0 Å². The van der Waals surface area contributed by atoms with Crippen molar-refractivity contribution in [1.29, 1.82) is 0 Å². The molecule has 18 heteroatoms. The van der Waals surface area contributed by atoms with Gasteiger partial charge in [0.25, 0.3) is 12.3 Å². The SMILES string of the molecule is CC(=O)N1CCc2c(c(N3CCCc4cc(C(=O)N5CCC(CN6CCN(c7ccc8c(N9CCC(=O)NC9=O)nn(C)c8c7)CC6)CC5)c(C(F)F)cc43)nn2C2CCOCC2)C1. The standard InChI is InChI=1S/C46H57F2N11O5/c1-29(60)56-16-9-38-37(28-56)44(51-59(38)32-11-22-64-23-12-32)57-13-3-4-31-24-36(35(42(47)48)26-39(31)57)45(62)55-14-7-30(8-15-55)27-53-18-20-54(21-19-53)33-5-6-34-40(25-33)52(2)50-43(34)58-17-10-41(61)49-46(58)63/h5-6,24-26,30,32,42H,3-4,7-23,27-28H2,1-2H3,(H,49,61,63). The Morgan fingerprint density at radius 3 is 2.36 bits per heavy atom. The van der Waals surface area contributed by atoms with E-state index in [4.69, 9.17) is 9.84 Å². The maximum absolute atomic E-state index is 15.1. The molecule has 8 heterocycles. The molecule has 0 atom stereocenters. The molecule has 6 aliphatic rings. The number of carbonyl (C=O) groups is 4. The van der Waals surface area contributed by atoms with Crippen molar-refractivity contribution in [3.05, 3.63) is 58.3 Å². The number of fused-ring (bicyclic) bond motifs is 3. The number of rotatable bonds is 8. The van der Waals surface area contributed by atoms with E-state index in [1.165, 1.54) is 11.0 Å². The number of halogens is 2. The molecule has 4 fully saturated rings. The lowest BCUT2D eigenvalue weighted by Gasteiger charge is -2.40. The van der Waals surface area contributed by atoms with Crippen LogP contribution < -0.4 is 20.0 Å². The maximum atomic E-state index is 15.1. The number of aromatic nitrogens is 4. The number of ether oxygens (including phenoxy) is 1. The third-order valence-electron chi connectivity index (χ3n) is 14.4. The van der Waals surface area contributed by atoms with Crippen LogP contribution in [-0.4, -0.2) is 137 Å². The highest BCUT2D eigenvalue weighted by Crippen LogP contribution is 2.42. The van der Waals surface area contributed by atoms with Crippen LogP contribution in [0.3, 0.4) is 0 Å². The Balaban J connectivity index is 0.784. The minimum absolute atomic E-state index is 0.00107. The van der Waals surface area contributed by atoms with Gasteiger partial charge < -0.3 is 24.3 Å². The van der Waals surface area contributed by atoms with Crippen molar-refractivity contribution in [2.45, 2.75) is 77.3 Å². The lowest BCUT2D eigenvalue weighted by molar-refractivity contribution is -0.129. The van der Waals surface area contributed by atoms with E-state index in [0.717, 1.165) is 104 Å². The molecular formula is C46H57F2N11O5. The Morgan fingerprint density at radius 2 is 1.62 bits per heavy atom. The number of carbonyl (C=O) groups excluding carboxylic acids is 4. The molecule has 64 heavy (non-hydrogen) atoms. The minimum Gasteiger partial charge on any atom is -0.381 e. The second-order valence-electron chi connectivity index (χ2n) is 18.3. The smallest absolute Gasteiger partial charge is 0.329 e. The van der Waals surface area contributed by atoms with E-state index in [-0.39, 0.29) is 41.3 Å². The molecule has 1 N–H and O–H groups in total. The Morgan fingerprint density at radius 1 is 0.844 bits per heavy atom. The van der Waals surface area contributed by atoms with E-state index in [0.29, 0.717) is 82.7 Å². The van der Waals surface area contributed by atoms with Gasteiger partial charge >= 0.3 is 6.03 Å². The summed E-state index contributed by atoms with van der Waals surface area (Å²) in [5.74, 6) is 1.07. The van der Waals surface area contributed by atoms with Gasteiger partial charge in [-0.1, -0.05) is 0 Å². The molecule has 10 rings (SSSR count). The zero-order valence-corrected chi connectivity index (χ0v) is 36.7. The fraction of sp³-hybridized carbons (Fsp3) is 0.565. The fourth-order valence-electron chi connectivity index (χ4n) is 10.8. The zero-order valence-electron chi connectivity index (χ0n) is 36.7. The van der Waals surface area contributed by atoms with E-state index in [9.17, 15) is 19.2 Å². The molecule has 2 aromatic carbocycles. The highest BCUT2D eigenvalue weighted by atomic mass is 19.3. The van der Waals surface area contributed by atoms with Crippen LogP contribution in [0.4, 0.5) is 36.6 Å². The number of nitrogens with zero attached hydrogens (tertiary/aromatic N) is 10. The first-order valence-electron chi connectivity index (χ1n) is 23.0. The van der Waals surface area contributed by atoms with Gasteiger partial charge in [0.2, 0.25) is 11.8 Å². The van der Waals surface area contributed by atoms with Crippen molar-refractivity contribution in [3.8, 4) is 0 Å². The molecule has 5 amide bonds. The van der Waals surface area contributed by atoms with Crippen LogP contribution in [-0.2, 0) is 40.8 Å². The van der Waals surface area contributed by atoms with Gasteiger partial charge in [0.1, 0.15) is 0 Å². The van der Waals surface area contributed by atoms with E-state index < -0.39 is 12.5 Å². The Kier molecular flexibility index (Phi) is 11.5. The molecule has 0 unspecified atom stereocenters. The average molecular weight is 882 g/mol. The van der Waals surface area contributed by atoms with Crippen LogP contribution in [0.5, 0.6) is 0 Å². The molecular weight excluding hydrogens is 825 g/mol. The Bertz CT molecular complexity index is 2470. The van der Waals surface area contributed by atoms with Crippen LogP contribution in [0.25, 0.3) is 10.9 Å². The first-order valence-corrected chi connectivity index (χ1v) is 23.0. The molecule has 2 aromatic heterocycles. The summed E-state index contributed by atoms with van der Waals surface area (Å²) in [6.45, 7) is 10.3. The second-order valence-corrected chi connectivity index (χ2v) is 18.3. The van der Waals surface area contributed by atoms with Crippen LogP contribution in [0, 0.1) is 5.92 Å². The summed E-state index contributed by atoms with van der Waals surface area (Å²) in [5, 5.41) is 13.1. The number of hydrogen-bond donors (Lipinski definition) is 1. The molecule has 0 saturated carbocycles. The van der Waals surface area contributed by atoms with E-state index in [1.54, 1.807) is 22.6 Å². The largest absolute Gasteiger partial charge is 0.381 e. The van der Waals surface area contributed by atoms with E-state index >= 15 is 8.78 Å². The van der Waals surface area contributed by atoms with Gasteiger partial charge in [-0.2, -0.15) is 10.2 Å². The van der Waals surface area contributed by atoms with Gasteiger partial charge in [0.15, 0.2) is 11.6 Å². The fourth-order valence-corrected chi connectivity index (χ4v) is 10.8. The quantitative estimate of drug-likeness (QED) is 0.252. The van der Waals surface area contributed by atoms with Gasteiger partial charge in [-0.15, -0.1) is 0 Å². The van der Waals surface area contributed by atoms with Crippen molar-refractivity contribution in [3.63, 3.8) is 0 Å². The molecule has 4 saturated heterocycles. The van der Waals surface area contributed by atoms with Gasteiger partial charge in [-0.3, -0.25) is 38.9 Å². The summed E-state index contributed by atoms with van der Waals surface area (Å²) in [7, 11) is 1.86. The average Bonchev–Trinajstić information content (AvgIpc) is 3.85. The number of hydrogen-bond acceptors (Lipinski definition) is 10. The normalized spacial score (nSPS) is 20.6. The predicted molar refractivity (Wildman–Crippen MR) is 236 cm³/mol. The predicted octanol–water partition coefficient (Wildman–Crippen LogP) is 5.17. The van der Waals surface area contributed by atoms with E-state index in [2.05, 4.69) is 41.9 Å².